The molecule has 3 fully saturated rings. The molecule has 1 N–H and O–H groups in total. The van der Waals surface area contributed by atoms with E-state index in [4.69, 9.17) is 4.74 Å². The van der Waals surface area contributed by atoms with Crippen LogP contribution >= 0.6 is 0 Å². The minimum atomic E-state index is -0.0908. The summed E-state index contributed by atoms with van der Waals surface area (Å²) in [7, 11) is 0. The lowest BCUT2D eigenvalue weighted by Crippen LogP contribution is -2.42. The highest BCUT2D eigenvalue weighted by atomic mass is 16.5. The molecule has 1 spiro atoms. The van der Waals surface area contributed by atoms with Crippen LogP contribution in [0.1, 0.15) is 34.5 Å². The van der Waals surface area contributed by atoms with Gasteiger partial charge in [-0.05, 0) is 37.5 Å². The van der Waals surface area contributed by atoms with Crippen LogP contribution in [0, 0.1) is 18.8 Å². The second-order valence-corrected chi connectivity index (χ2v) is 8.61. The highest BCUT2D eigenvalue weighted by Gasteiger charge is 2.62. The molecule has 0 radical (unpaired) electrons. The smallest absolute Gasteiger partial charge is 0.269 e. The van der Waals surface area contributed by atoms with E-state index in [1.54, 1.807) is 12.3 Å². The predicted molar refractivity (Wildman–Crippen MR) is 107 cm³/mol. The van der Waals surface area contributed by atoms with Gasteiger partial charge >= 0.3 is 0 Å². The Labute approximate surface area is 166 Å². The first-order valence-electron chi connectivity index (χ1n) is 10.3. The Morgan fingerprint density at radius 1 is 1.29 bits per heavy atom. The maximum Gasteiger partial charge on any atom is 0.269 e. The molecule has 146 valence electrons. The molecule has 5 nitrogen and oxygen atoms in total. The van der Waals surface area contributed by atoms with Crippen LogP contribution in [-0.2, 0) is 11.3 Å². The first-order valence-corrected chi connectivity index (χ1v) is 10.3. The van der Waals surface area contributed by atoms with Crippen molar-refractivity contribution in [2.45, 2.75) is 38.0 Å². The van der Waals surface area contributed by atoms with E-state index < -0.39 is 0 Å². The van der Waals surface area contributed by atoms with E-state index >= 15 is 0 Å². The Morgan fingerprint density at radius 3 is 2.93 bits per heavy atom. The van der Waals surface area contributed by atoms with Gasteiger partial charge in [0.2, 0.25) is 0 Å². The van der Waals surface area contributed by atoms with Crippen LogP contribution in [0.25, 0.3) is 0 Å². The van der Waals surface area contributed by atoms with Crippen LogP contribution < -0.4 is 5.32 Å². The molecular weight excluding hydrogens is 350 g/mol. The normalized spacial score (nSPS) is 31.1. The van der Waals surface area contributed by atoms with Crippen molar-refractivity contribution in [3.63, 3.8) is 0 Å². The standard InChI is InChI=1S/C23H27N3O2/c1-16-5-7-17(8-6-16)13-26-14-19-18(21-9-10-23(19,15-26)28-21)12-25-22(27)20-4-2-3-11-24-20/h2-8,11,18-19,21H,9-10,12-15H2,1H3,(H,25,27)/t18-,19+,21+,23+/m0/s1. The van der Waals surface area contributed by atoms with Gasteiger partial charge in [0.05, 0.1) is 11.7 Å². The highest BCUT2D eigenvalue weighted by molar-refractivity contribution is 5.92. The molecule has 4 heterocycles. The van der Waals surface area contributed by atoms with Crippen molar-refractivity contribution in [2.75, 3.05) is 19.6 Å². The largest absolute Gasteiger partial charge is 0.370 e. The second-order valence-electron chi connectivity index (χ2n) is 8.61. The van der Waals surface area contributed by atoms with Crippen molar-refractivity contribution in [1.82, 2.24) is 15.2 Å². The third-order valence-electron chi connectivity index (χ3n) is 6.78. The van der Waals surface area contributed by atoms with E-state index in [0.29, 0.717) is 24.1 Å². The fourth-order valence-corrected chi connectivity index (χ4v) is 5.43. The van der Waals surface area contributed by atoms with E-state index in [1.165, 1.54) is 11.1 Å². The summed E-state index contributed by atoms with van der Waals surface area (Å²) in [4.78, 5) is 19.1. The van der Waals surface area contributed by atoms with E-state index in [9.17, 15) is 4.79 Å². The zero-order valence-electron chi connectivity index (χ0n) is 16.3. The lowest BCUT2D eigenvalue weighted by molar-refractivity contribution is 0.00212. The Morgan fingerprint density at radius 2 is 2.14 bits per heavy atom. The van der Waals surface area contributed by atoms with Gasteiger partial charge in [-0.3, -0.25) is 14.7 Å². The Kier molecular flexibility index (Phi) is 4.44. The molecule has 3 aliphatic rings. The number of carbonyl (C=O) groups excluding carboxylic acids is 1. The van der Waals surface area contributed by atoms with Crippen LogP contribution in [0.3, 0.4) is 0 Å². The van der Waals surface area contributed by atoms with Crippen molar-refractivity contribution >= 4 is 5.91 Å². The first kappa shape index (κ1) is 17.8. The van der Waals surface area contributed by atoms with Gasteiger partial charge in [-0.15, -0.1) is 0 Å². The van der Waals surface area contributed by atoms with Gasteiger partial charge in [-0.2, -0.15) is 0 Å². The summed E-state index contributed by atoms with van der Waals surface area (Å²) >= 11 is 0. The molecule has 0 unspecified atom stereocenters. The predicted octanol–water partition coefficient (Wildman–Crippen LogP) is 2.80. The van der Waals surface area contributed by atoms with Gasteiger partial charge in [-0.1, -0.05) is 35.9 Å². The zero-order chi connectivity index (χ0) is 19.1. The summed E-state index contributed by atoms with van der Waals surface area (Å²) in [6.07, 6.45) is 4.21. The third-order valence-corrected chi connectivity index (χ3v) is 6.78. The number of rotatable bonds is 5. The summed E-state index contributed by atoms with van der Waals surface area (Å²) in [5.74, 6) is 0.803. The maximum atomic E-state index is 12.4. The number of aromatic nitrogens is 1. The molecule has 1 amide bonds. The van der Waals surface area contributed by atoms with Crippen molar-refractivity contribution in [3.8, 4) is 0 Å². The number of fused-ring (bicyclic) bond motifs is 1. The summed E-state index contributed by atoms with van der Waals surface area (Å²) in [6, 6.07) is 14.2. The van der Waals surface area contributed by atoms with Crippen LogP contribution in [0.5, 0.6) is 0 Å². The van der Waals surface area contributed by atoms with E-state index in [0.717, 1.165) is 32.5 Å². The molecule has 28 heavy (non-hydrogen) atoms. The molecule has 5 heteroatoms. The minimum Gasteiger partial charge on any atom is -0.370 e. The number of nitrogens with zero attached hydrogens (tertiary/aromatic N) is 2. The Hall–Kier alpha value is -2.24. The molecule has 0 aliphatic carbocycles. The van der Waals surface area contributed by atoms with Gasteiger partial charge in [0.25, 0.3) is 5.91 Å². The molecule has 3 aliphatic heterocycles. The van der Waals surface area contributed by atoms with E-state index in [1.807, 2.05) is 12.1 Å². The summed E-state index contributed by atoms with van der Waals surface area (Å²) in [5, 5.41) is 3.11. The Balaban J connectivity index is 1.24. The van der Waals surface area contributed by atoms with Crippen LogP contribution in [0.2, 0.25) is 0 Å². The van der Waals surface area contributed by atoms with E-state index in [-0.39, 0.29) is 17.6 Å². The van der Waals surface area contributed by atoms with Crippen molar-refractivity contribution < 1.29 is 9.53 Å². The summed E-state index contributed by atoms with van der Waals surface area (Å²) in [6.45, 7) is 5.82. The number of pyridine rings is 1. The number of benzene rings is 1. The molecule has 3 saturated heterocycles. The first-order chi connectivity index (χ1) is 13.6. The van der Waals surface area contributed by atoms with Gasteiger partial charge in [0.15, 0.2) is 0 Å². The average molecular weight is 377 g/mol. The number of carbonyl (C=O) groups is 1. The van der Waals surface area contributed by atoms with Gasteiger partial charge < -0.3 is 10.1 Å². The van der Waals surface area contributed by atoms with Gasteiger partial charge in [0, 0.05) is 44.2 Å². The Bertz CT molecular complexity index is 854. The topological polar surface area (TPSA) is 54.5 Å². The second kappa shape index (κ2) is 6.98. The molecular formula is C23H27N3O2. The van der Waals surface area contributed by atoms with Crippen molar-refractivity contribution in [3.05, 3.63) is 65.5 Å². The van der Waals surface area contributed by atoms with E-state index in [2.05, 4.69) is 46.4 Å². The monoisotopic (exact) mass is 377 g/mol. The summed E-state index contributed by atoms with van der Waals surface area (Å²) in [5.41, 5.74) is 3.13. The molecule has 1 aromatic heterocycles. The lowest BCUT2D eigenvalue weighted by atomic mass is 9.73. The minimum absolute atomic E-state index is 0.00421. The SMILES string of the molecule is Cc1ccc(CN2C[C@@H]3[C@H](CNC(=O)c4ccccn4)[C@H]4CC[C@]3(C2)O4)cc1. The number of nitrogens with one attached hydrogen (secondary N) is 1. The molecule has 5 rings (SSSR count). The zero-order valence-corrected chi connectivity index (χ0v) is 16.3. The fourth-order valence-electron chi connectivity index (χ4n) is 5.43. The van der Waals surface area contributed by atoms with Crippen molar-refractivity contribution in [2.24, 2.45) is 11.8 Å². The molecule has 0 saturated carbocycles. The fraction of sp³-hybridized carbons (Fsp3) is 0.478. The maximum absolute atomic E-state index is 12.4. The molecule has 2 aromatic rings. The van der Waals surface area contributed by atoms with Gasteiger partial charge in [0.1, 0.15) is 5.69 Å². The third kappa shape index (κ3) is 3.12. The number of likely N-dealkylation sites (tertiary alicyclic amines) is 1. The number of ether oxygens (including phenoxy) is 1. The average Bonchev–Trinajstić information content (AvgIpc) is 3.36. The van der Waals surface area contributed by atoms with Crippen molar-refractivity contribution in [1.29, 1.82) is 0 Å². The van der Waals surface area contributed by atoms with Crippen LogP contribution in [0.4, 0.5) is 0 Å². The number of aryl methyl sites for hydroxylation is 1. The van der Waals surface area contributed by atoms with Crippen LogP contribution in [-0.4, -0.2) is 47.1 Å². The quantitative estimate of drug-likeness (QED) is 0.871. The highest BCUT2D eigenvalue weighted by Crippen LogP contribution is 2.54. The molecule has 2 bridgehead atoms. The van der Waals surface area contributed by atoms with Crippen LogP contribution in [0.15, 0.2) is 48.7 Å². The number of hydrogen-bond acceptors (Lipinski definition) is 4. The lowest BCUT2D eigenvalue weighted by Gasteiger charge is -2.29. The number of amides is 1. The molecule has 4 atom stereocenters. The summed E-state index contributed by atoms with van der Waals surface area (Å²) < 4.78 is 6.51. The van der Waals surface area contributed by atoms with Gasteiger partial charge in [-0.25, -0.2) is 0 Å². The molecule has 1 aromatic carbocycles. The number of hydrogen-bond donors (Lipinski definition) is 1.